The summed E-state index contributed by atoms with van der Waals surface area (Å²) in [6, 6.07) is 0. The third-order valence-electron chi connectivity index (χ3n) is 2.40. The Bertz CT molecular complexity index is 550. The van der Waals surface area contributed by atoms with Crippen LogP contribution in [-0.2, 0) is 6.61 Å². The van der Waals surface area contributed by atoms with Gasteiger partial charge in [-0.05, 0) is 6.92 Å². The highest BCUT2D eigenvalue weighted by Crippen LogP contribution is 2.24. The van der Waals surface area contributed by atoms with Crippen LogP contribution < -0.4 is 0 Å². The first-order valence-corrected chi connectivity index (χ1v) is 4.87. The van der Waals surface area contributed by atoms with Crippen LogP contribution in [0.1, 0.15) is 16.8 Å². The number of aryl methyl sites for hydroxylation is 1. The van der Waals surface area contributed by atoms with Crippen LogP contribution in [0.4, 0.5) is 0 Å². The number of rotatable bonds is 2. The van der Waals surface area contributed by atoms with Crippen LogP contribution in [0.15, 0.2) is 18.9 Å². The molecule has 0 aliphatic rings. The third-order valence-corrected chi connectivity index (χ3v) is 2.40. The minimum absolute atomic E-state index is 0.0120. The monoisotopic (exact) mass is 233 g/mol. The topological polar surface area (TPSA) is 108 Å². The van der Waals surface area contributed by atoms with Gasteiger partial charge in [-0.2, -0.15) is 0 Å². The molecule has 88 valence electrons. The Balaban J connectivity index is 2.58. The van der Waals surface area contributed by atoms with Crippen molar-refractivity contribution in [3.05, 3.63) is 35.7 Å². The lowest BCUT2D eigenvalue weighted by atomic mass is 10.1. The Labute approximate surface area is 96.9 Å². The highest BCUT2D eigenvalue weighted by molar-refractivity contribution is 6.01. The molecule has 0 spiro atoms. The molecule has 0 radical (unpaired) electrons. The molecule has 3 N–H and O–H groups in total. The van der Waals surface area contributed by atoms with E-state index in [0.29, 0.717) is 11.3 Å². The summed E-state index contributed by atoms with van der Waals surface area (Å²) in [6.45, 7) is 1.32. The van der Waals surface area contributed by atoms with E-state index in [1.54, 1.807) is 6.92 Å². The number of nitrogens with zero attached hydrogens (tertiary/aromatic N) is 4. The highest BCUT2D eigenvalue weighted by atomic mass is 16.3. The van der Waals surface area contributed by atoms with Crippen LogP contribution in [0.2, 0.25) is 0 Å². The van der Waals surface area contributed by atoms with Crippen molar-refractivity contribution < 1.29 is 10.2 Å². The lowest BCUT2D eigenvalue weighted by Crippen LogP contribution is -2.14. The zero-order chi connectivity index (χ0) is 12.4. The summed E-state index contributed by atoms with van der Waals surface area (Å²) >= 11 is 0. The first-order chi connectivity index (χ1) is 8.15. The van der Waals surface area contributed by atoms with Gasteiger partial charge in [0.05, 0.1) is 17.9 Å². The largest absolute Gasteiger partial charge is 0.505 e. The minimum Gasteiger partial charge on any atom is -0.505 e. The van der Waals surface area contributed by atoms with E-state index < -0.39 is 0 Å². The molecule has 2 rings (SSSR count). The van der Waals surface area contributed by atoms with Crippen molar-refractivity contribution in [3.63, 3.8) is 0 Å². The summed E-state index contributed by atoms with van der Waals surface area (Å²) in [4.78, 5) is 3.93. The maximum absolute atomic E-state index is 9.91. The second kappa shape index (κ2) is 4.30. The number of nitrogens with one attached hydrogen (secondary N) is 1. The van der Waals surface area contributed by atoms with E-state index in [1.165, 1.54) is 23.4 Å². The predicted octanol–water partition coefficient (Wildman–Crippen LogP) is 0.0531. The van der Waals surface area contributed by atoms with Crippen LogP contribution in [-0.4, -0.2) is 35.8 Å². The maximum Gasteiger partial charge on any atom is 0.148 e. The molecule has 0 bridgehead atoms. The van der Waals surface area contributed by atoms with Crippen LogP contribution in [0.25, 0.3) is 0 Å². The molecule has 2 aromatic heterocycles. The average Bonchev–Trinajstić information content (AvgIpc) is 2.85. The van der Waals surface area contributed by atoms with Gasteiger partial charge in [-0.25, -0.2) is 0 Å². The van der Waals surface area contributed by atoms with E-state index >= 15 is 0 Å². The molecule has 0 aliphatic heterocycles. The summed E-state index contributed by atoms with van der Waals surface area (Å²) in [5, 5.41) is 34.2. The van der Waals surface area contributed by atoms with Crippen molar-refractivity contribution >= 4 is 5.84 Å². The summed E-state index contributed by atoms with van der Waals surface area (Å²) in [5.41, 5.74) is 1.02. The molecule has 7 nitrogen and oxygen atoms in total. The Morgan fingerprint density at radius 2 is 2.06 bits per heavy atom. The second-order valence-electron chi connectivity index (χ2n) is 3.47. The van der Waals surface area contributed by atoms with Crippen molar-refractivity contribution in [2.75, 3.05) is 0 Å². The van der Waals surface area contributed by atoms with Crippen molar-refractivity contribution in [2.24, 2.45) is 0 Å². The minimum atomic E-state index is -0.305. The quantitative estimate of drug-likeness (QED) is 0.502. The summed E-state index contributed by atoms with van der Waals surface area (Å²) in [6.07, 6.45) is 4.13. The van der Waals surface area contributed by atoms with Gasteiger partial charge < -0.3 is 10.2 Å². The standard InChI is InChI=1S/C10H11N5O2/c1-6-9(17)8(7(3-16)2-12-6)10(11)15-4-13-14-5-15/h2,4-5,11,16-17H,3H2,1H3. The fourth-order valence-electron chi connectivity index (χ4n) is 1.46. The summed E-state index contributed by atoms with van der Waals surface area (Å²) < 4.78 is 1.34. The molecule has 0 saturated heterocycles. The molecule has 7 heteroatoms. The normalized spacial score (nSPS) is 10.5. The van der Waals surface area contributed by atoms with Gasteiger partial charge in [-0.15, -0.1) is 10.2 Å². The van der Waals surface area contributed by atoms with Gasteiger partial charge in [0.1, 0.15) is 24.2 Å². The Hall–Kier alpha value is -2.28. The van der Waals surface area contributed by atoms with E-state index in [4.69, 9.17) is 5.41 Å². The zero-order valence-corrected chi connectivity index (χ0v) is 9.12. The third kappa shape index (κ3) is 1.87. The van der Waals surface area contributed by atoms with E-state index in [2.05, 4.69) is 15.2 Å². The van der Waals surface area contributed by atoms with Crippen LogP contribution in [0.3, 0.4) is 0 Å². The number of aliphatic hydroxyl groups excluding tert-OH is 1. The molecule has 0 amide bonds. The zero-order valence-electron chi connectivity index (χ0n) is 9.12. The van der Waals surface area contributed by atoms with Gasteiger partial charge >= 0.3 is 0 Å². The van der Waals surface area contributed by atoms with Crippen LogP contribution in [0, 0.1) is 12.3 Å². The molecule has 0 aromatic carbocycles. The Morgan fingerprint density at radius 3 is 2.65 bits per heavy atom. The van der Waals surface area contributed by atoms with Crippen molar-refractivity contribution in [1.82, 2.24) is 19.7 Å². The molecule has 2 aromatic rings. The SMILES string of the molecule is Cc1ncc(CO)c(C(=N)n2cnnc2)c1O. The van der Waals surface area contributed by atoms with Crippen molar-refractivity contribution in [3.8, 4) is 5.75 Å². The first-order valence-electron chi connectivity index (χ1n) is 4.87. The lowest BCUT2D eigenvalue weighted by molar-refractivity contribution is 0.280. The summed E-state index contributed by atoms with van der Waals surface area (Å²) in [7, 11) is 0. The van der Waals surface area contributed by atoms with E-state index in [1.807, 2.05) is 0 Å². The molecular weight excluding hydrogens is 222 g/mol. The smallest absolute Gasteiger partial charge is 0.148 e. The van der Waals surface area contributed by atoms with Gasteiger partial charge in [-0.1, -0.05) is 0 Å². The van der Waals surface area contributed by atoms with Gasteiger partial charge in [0.25, 0.3) is 0 Å². The lowest BCUT2D eigenvalue weighted by Gasteiger charge is -2.12. The van der Waals surface area contributed by atoms with Gasteiger partial charge in [0, 0.05) is 11.8 Å². The Morgan fingerprint density at radius 1 is 1.41 bits per heavy atom. The number of aliphatic hydroxyl groups is 1. The average molecular weight is 233 g/mol. The molecular formula is C10H11N5O2. The van der Waals surface area contributed by atoms with Gasteiger partial charge in [-0.3, -0.25) is 15.0 Å². The molecule has 0 unspecified atom stereocenters. The molecule has 0 fully saturated rings. The fraction of sp³-hybridized carbons (Fsp3) is 0.200. The number of hydrogen-bond acceptors (Lipinski definition) is 6. The molecule has 2 heterocycles. The van der Waals surface area contributed by atoms with Crippen molar-refractivity contribution in [2.45, 2.75) is 13.5 Å². The Kier molecular flexibility index (Phi) is 2.84. The summed E-state index contributed by atoms with van der Waals surface area (Å²) in [5.74, 6) is -0.127. The van der Waals surface area contributed by atoms with Crippen molar-refractivity contribution in [1.29, 1.82) is 5.41 Å². The van der Waals surface area contributed by atoms with E-state index in [-0.39, 0.29) is 23.8 Å². The van der Waals surface area contributed by atoms with E-state index in [0.717, 1.165) is 0 Å². The molecule has 0 aliphatic carbocycles. The second-order valence-corrected chi connectivity index (χ2v) is 3.47. The number of aromatic nitrogens is 4. The van der Waals surface area contributed by atoms with Gasteiger partial charge in [0.15, 0.2) is 0 Å². The predicted molar refractivity (Wildman–Crippen MR) is 58.8 cm³/mol. The van der Waals surface area contributed by atoms with Crippen LogP contribution >= 0.6 is 0 Å². The molecule has 0 saturated carbocycles. The number of aromatic hydroxyl groups is 1. The van der Waals surface area contributed by atoms with E-state index in [9.17, 15) is 10.2 Å². The number of pyridine rings is 1. The fourth-order valence-corrected chi connectivity index (χ4v) is 1.46. The van der Waals surface area contributed by atoms with Gasteiger partial charge in [0.2, 0.25) is 0 Å². The molecule has 0 atom stereocenters. The molecule has 17 heavy (non-hydrogen) atoms. The number of hydrogen-bond donors (Lipinski definition) is 3. The first kappa shape index (κ1) is 11.2. The highest BCUT2D eigenvalue weighted by Gasteiger charge is 2.17. The maximum atomic E-state index is 9.91. The van der Waals surface area contributed by atoms with Crippen LogP contribution in [0.5, 0.6) is 5.75 Å².